The molecule has 1 aromatic heterocycles. The summed E-state index contributed by atoms with van der Waals surface area (Å²) in [7, 11) is 0. The Balaban J connectivity index is 1.79. The van der Waals surface area contributed by atoms with Crippen molar-refractivity contribution in [3.05, 3.63) is 52.6 Å². The van der Waals surface area contributed by atoms with Crippen LogP contribution in [0.2, 0.25) is 0 Å². The van der Waals surface area contributed by atoms with Crippen LogP contribution in [-0.2, 0) is 6.54 Å². The Morgan fingerprint density at radius 1 is 1.37 bits per heavy atom. The van der Waals surface area contributed by atoms with Crippen molar-refractivity contribution in [2.45, 2.75) is 25.4 Å². The molecule has 5 heteroatoms. The maximum atomic E-state index is 12.2. The zero-order valence-electron chi connectivity index (χ0n) is 10.5. The minimum atomic E-state index is -0.0560. The second-order valence-electron chi connectivity index (χ2n) is 4.77. The molecule has 1 aromatic carbocycles. The minimum Gasteiger partial charge on any atom is -0.398 e. The van der Waals surface area contributed by atoms with E-state index in [1.165, 1.54) is 0 Å². The fourth-order valence-electron chi connectivity index (χ4n) is 2.06. The van der Waals surface area contributed by atoms with E-state index in [4.69, 9.17) is 5.73 Å². The molecule has 0 atom stereocenters. The molecule has 0 spiro atoms. The van der Waals surface area contributed by atoms with Gasteiger partial charge in [-0.1, -0.05) is 18.2 Å². The Labute approximate surface area is 111 Å². The molecule has 1 saturated carbocycles. The van der Waals surface area contributed by atoms with Gasteiger partial charge in [0.15, 0.2) is 5.82 Å². The molecule has 1 aliphatic rings. The number of nitrogens with one attached hydrogen (secondary N) is 1. The highest BCUT2D eigenvalue weighted by Crippen LogP contribution is 2.33. The van der Waals surface area contributed by atoms with Crippen molar-refractivity contribution in [1.82, 2.24) is 9.55 Å². The fraction of sp³-hybridized carbons (Fsp3) is 0.286. The number of para-hydroxylation sites is 1. The Morgan fingerprint density at radius 3 is 2.89 bits per heavy atom. The normalized spacial score (nSPS) is 14.3. The first kappa shape index (κ1) is 11.8. The van der Waals surface area contributed by atoms with Gasteiger partial charge >= 0.3 is 0 Å². The number of hydrogen-bond acceptors (Lipinski definition) is 4. The number of rotatable bonds is 4. The third-order valence-electron chi connectivity index (χ3n) is 3.31. The molecule has 3 N–H and O–H groups in total. The van der Waals surface area contributed by atoms with E-state index in [9.17, 15) is 4.79 Å². The monoisotopic (exact) mass is 256 g/mol. The summed E-state index contributed by atoms with van der Waals surface area (Å²) in [6, 6.07) is 7.95. The maximum Gasteiger partial charge on any atom is 0.293 e. The molecule has 1 heterocycles. The molecular formula is C14H16N4O. The first-order valence-corrected chi connectivity index (χ1v) is 6.40. The van der Waals surface area contributed by atoms with Crippen molar-refractivity contribution in [3.8, 4) is 0 Å². The van der Waals surface area contributed by atoms with E-state index in [0.717, 1.165) is 18.4 Å². The highest BCUT2D eigenvalue weighted by molar-refractivity contribution is 5.48. The molecular weight excluding hydrogens is 240 g/mol. The number of nitrogens with zero attached hydrogens (tertiary/aromatic N) is 2. The van der Waals surface area contributed by atoms with E-state index in [2.05, 4.69) is 10.3 Å². The number of nitrogens with two attached hydrogens (primary N) is 1. The van der Waals surface area contributed by atoms with E-state index in [-0.39, 0.29) is 5.56 Å². The van der Waals surface area contributed by atoms with Crippen LogP contribution in [0.15, 0.2) is 41.5 Å². The summed E-state index contributed by atoms with van der Waals surface area (Å²) < 4.78 is 1.75. The van der Waals surface area contributed by atoms with Gasteiger partial charge in [0.2, 0.25) is 0 Å². The predicted octanol–water partition coefficient (Wildman–Crippen LogP) is 1.77. The zero-order chi connectivity index (χ0) is 13.2. The summed E-state index contributed by atoms with van der Waals surface area (Å²) in [6.07, 6.45) is 5.57. The second kappa shape index (κ2) is 4.76. The van der Waals surface area contributed by atoms with Crippen molar-refractivity contribution in [2.24, 2.45) is 0 Å². The lowest BCUT2D eigenvalue weighted by atomic mass is 10.2. The number of anilines is 2. The quantitative estimate of drug-likeness (QED) is 0.818. The molecule has 0 amide bonds. The van der Waals surface area contributed by atoms with Gasteiger partial charge in [0.1, 0.15) is 0 Å². The summed E-state index contributed by atoms with van der Waals surface area (Å²) in [5.74, 6) is 0.387. The van der Waals surface area contributed by atoms with Crippen LogP contribution >= 0.6 is 0 Å². The van der Waals surface area contributed by atoms with Gasteiger partial charge in [-0.05, 0) is 24.5 Å². The molecule has 0 radical (unpaired) electrons. The van der Waals surface area contributed by atoms with Crippen molar-refractivity contribution in [3.63, 3.8) is 0 Å². The molecule has 5 nitrogen and oxygen atoms in total. The van der Waals surface area contributed by atoms with Crippen LogP contribution in [0, 0.1) is 0 Å². The van der Waals surface area contributed by atoms with E-state index in [1.807, 2.05) is 24.3 Å². The van der Waals surface area contributed by atoms with Crippen molar-refractivity contribution in [2.75, 3.05) is 11.1 Å². The minimum absolute atomic E-state index is 0.0560. The van der Waals surface area contributed by atoms with Gasteiger partial charge in [-0.3, -0.25) is 4.79 Å². The summed E-state index contributed by atoms with van der Waals surface area (Å²) in [6.45, 7) is 0.504. The van der Waals surface area contributed by atoms with Crippen LogP contribution in [0.5, 0.6) is 0 Å². The van der Waals surface area contributed by atoms with E-state index >= 15 is 0 Å². The Kier molecular flexibility index (Phi) is 2.95. The van der Waals surface area contributed by atoms with Gasteiger partial charge in [-0.25, -0.2) is 4.98 Å². The molecule has 0 aliphatic heterocycles. The van der Waals surface area contributed by atoms with Crippen molar-refractivity contribution in [1.29, 1.82) is 0 Å². The molecule has 3 rings (SSSR count). The molecule has 98 valence electrons. The molecule has 1 fully saturated rings. The average Bonchev–Trinajstić information content (AvgIpc) is 3.24. The van der Waals surface area contributed by atoms with Crippen LogP contribution < -0.4 is 16.6 Å². The third kappa shape index (κ3) is 2.45. The van der Waals surface area contributed by atoms with Crippen LogP contribution in [0.4, 0.5) is 11.5 Å². The maximum absolute atomic E-state index is 12.2. The first-order valence-electron chi connectivity index (χ1n) is 6.40. The smallest absolute Gasteiger partial charge is 0.293 e. The van der Waals surface area contributed by atoms with Crippen LogP contribution in [0.1, 0.15) is 24.4 Å². The summed E-state index contributed by atoms with van der Waals surface area (Å²) in [5.41, 5.74) is 7.49. The lowest BCUT2D eigenvalue weighted by Gasteiger charge is -2.09. The van der Waals surface area contributed by atoms with Gasteiger partial charge in [-0.2, -0.15) is 0 Å². The second-order valence-corrected chi connectivity index (χ2v) is 4.77. The highest BCUT2D eigenvalue weighted by atomic mass is 16.1. The van der Waals surface area contributed by atoms with Gasteiger partial charge in [0, 0.05) is 30.7 Å². The molecule has 2 aromatic rings. The first-order chi connectivity index (χ1) is 9.25. The number of hydrogen-bond donors (Lipinski definition) is 2. The van der Waals surface area contributed by atoms with Gasteiger partial charge in [0.05, 0.1) is 0 Å². The van der Waals surface area contributed by atoms with Crippen LogP contribution in [-0.4, -0.2) is 9.55 Å². The lowest BCUT2D eigenvalue weighted by molar-refractivity contribution is 0.699. The standard InChI is InChI=1S/C14H16N4O/c15-12-4-2-1-3-10(12)9-17-13-14(19)18(8-7-16-13)11-5-6-11/h1-4,7-8,11H,5-6,9,15H2,(H,16,17). The molecule has 0 unspecified atom stereocenters. The SMILES string of the molecule is Nc1ccccc1CNc1nccn(C2CC2)c1=O. The highest BCUT2D eigenvalue weighted by Gasteiger charge is 2.25. The molecule has 1 aliphatic carbocycles. The van der Waals surface area contributed by atoms with Crippen molar-refractivity contribution < 1.29 is 0 Å². The fourth-order valence-corrected chi connectivity index (χ4v) is 2.06. The predicted molar refractivity (Wildman–Crippen MR) is 74.9 cm³/mol. The largest absolute Gasteiger partial charge is 0.398 e. The van der Waals surface area contributed by atoms with Crippen LogP contribution in [0.25, 0.3) is 0 Å². The van der Waals surface area contributed by atoms with Crippen LogP contribution in [0.3, 0.4) is 0 Å². The summed E-state index contributed by atoms with van der Waals surface area (Å²) in [5, 5.41) is 3.07. The number of aromatic nitrogens is 2. The van der Waals surface area contributed by atoms with E-state index in [1.54, 1.807) is 17.0 Å². The number of benzene rings is 1. The van der Waals surface area contributed by atoms with Gasteiger partial charge in [-0.15, -0.1) is 0 Å². The topological polar surface area (TPSA) is 72.9 Å². The Hall–Kier alpha value is -2.30. The summed E-state index contributed by atoms with van der Waals surface area (Å²) in [4.78, 5) is 16.3. The molecule has 0 bridgehead atoms. The summed E-state index contributed by atoms with van der Waals surface area (Å²) >= 11 is 0. The van der Waals surface area contributed by atoms with Gasteiger partial charge < -0.3 is 15.6 Å². The van der Waals surface area contributed by atoms with Gasteiger partial charge in [0.25, 0.3) is 5.56 Å². The van der Waals surface area contributed by atoms with Crippen molar-refractivity contribution >= 4 is 11.5 Å². The Bertz CT molecular complexity index is 646. The van der Waals surface area contributed by atoms with E-state index in [0.29, 0.717) is 24.1 Å². The zero-order valence-corrected chi connectivity index (χ0v) is 10.5. The third-order valence-corrected chi connectivity index (χ3v) is 3.31. The lowest BCUT2D eigenvalue weighted by Crippen LogP contribution is -2.23. The van der Waals surface area contributed by atoms with E-state index < -0.39 is 0 Å². The molecule has 19 heavy (non-hydrogen) atoms. The molecule has 0 saturated heterocycles. The Morgan fingerprint density at radius 2 is 2.16 bits per heavy atom. The average molecular weight is 256 g/mol. The number of nitrogen functional groups attached to an aromatic ring is 1.